The Morgan fingerprint density at radius 2 is 1.46 bits per heavy atom. The van der Waals surface area contributed by atoms with Crippen LogP contribution < -0.4 is 29.6 Å². The molecule has 0 aromatic carbocycles. The first-order valence-electron chi connectivity index (χ1n) is 2.30. The van der Waals surface area contributed by atoms with E-state index < -0.39 is 20.5 Å². The van der Waals surface area contributed by atoms with Crippen LogP contribution in [-0.4, -0.2) is 36.2 Å². The van der Waals surface area contributed by atoms with E-state index in [0.717, 1.165) is 6.08 Å². The van der Waals surface area contributed by atoms with Gasteiger partial charge in [-0.2, -0.15) is 8.42 Å². The molecule has 13 heavy (non-hydrogen) atoms. The van der Waals surface area contributed by atoms with Crippen LogP contribution in [0.2, 0.25) is 0 Å². The van der Waals surface area contributed by atoms with Crippen LogP contribution in [0.3, 0.4) is 0 Å². The largest absolute Gasteiger partial charge is 1.00 e. The van der Waals surface area contributed by atoms with Gasteiger partial charge in [-0.15, -0.1) is 6.58 Å². The topological polar surface area (TPSA) is 132 Å². The summed E-state index contributed by atoms with van der Waals surface area (Å²) in [5.74, 6) is -0.368. The van der Waals surface area contributed by atoms with Gasteiger partial charge in [0.1, 0.15) is 0 Å². The Hall–Kier alpha value is 0.520. The van der Waals surface area contributed by atoms with Crippen LogP contribution >= 0.6 is 0 Å². The Morgan fingerprint density at radius 1 is 1.23 bits per heavy atom. The molecule has 0 fully saturated rings. The summed E-state index contributed by atoms with van der Waals surface area (Å²) in [6, 6.07) is 0. The van der Waals surface area contributed by atoms with E-state index in [0.29, 0.717) is 0 Å². The molecule has 0 atom stereocenters. The molecule has 0 spiro atoms. The summed E-state index contributed by atoms with van der Waals surface area (Å²) in [6.45, 7) is 3.11. The van der Waals surface area contributed by atoms with Crippen LogP contribution in [0.1, 0.15) is 0 Å². The molecule has 0 aliphatic rings. The second-order valence-electron chi connectivity index (χ2n) is 1.46. The fraction of sp³-hybridized carbons (Fsp3) is 0.333. The van der Waals surface area contributed by atoms with Crippen molar-refractivity contribution in [3.05, 3.63) is 12.7 Å². The van der Waals surface area contributed by atoms with E-state index in [1.807, 2.05) is 0 Å². The van der Waals surface area contributed by atoms with Crippen molar-refractivity contribution in [2.24, 2.45) is 0 Å². The van der Waals surface area contributed by atoms with Crippen molar-refractivity contribution in [3.8, 4) is 0 Å². The van der Waals surface area contributed by atoms with Gasteiger partial charge in [0.2, 0.25) is 10.4 Å². The summed E-state index contributed by atoms with van der Waals surface area (Å²) < 4.78 is 60.2. The molecule has 0 saturated carbocycles. The molecule has 0 unspecified atom stereocenters. The smallest absolute Gasteiger partial charge is 0.726 e. The molecule has 0 radical (unpaired) electrons. The first kappa shape index (κ1) is 19.1. The molecule has 0 aliphatic carbocycles. The van der Waals surface area contributed by atoms with Crippen LogP contribution in [0.5, 0.6) is 0 Å². The molecule has 7 nitrogen and oxygen atoms in total. The molecule has 74 valence electrons. The molecular formula is C3H7NaO7S2. The molecule has 0 saturated heterocycles. The Kier molecular flexibility index (Phi) is 11.6. The minimum absolute atomic E-state index is 0. The van der Waals surface area contributed by atoms with E-state index in [4.69, 9.17) is 22.1 Å². The van der Waals surface area contributed by atoms with E-state index in [2.05, 4.69) is 6.58 Å². The standard InChI is InChI=1S/C3H6O3S.Na.H2O4S/c1-2-3-7(4,5)6;;1-5(2,3)4/h2H,1,3H2,(H,4,5,6);;(H2,1,2,3,4)/q;+1;/p-1. The second kappa shape index (κ2) is 7.88. The number of hydrogen-bond donors (Lipinski definition) is 2. The van der Waals surface area contributed by atoms with Gasteiger partial charge in [-0.05, 0) is 0 Å². The van der Waals surface area contributed by atoms with Crippen molar-refractivity contribution in [1.29, 1.82) is 0 Å². The summed E-state index contributed by atoms with van der Waals surface area (Å²) in [5, 5.41) is 0. The Morgan fingerprint density at radius 3 is 1.46 bits per heavy atom. The van der Waals surface area contributed by atoms with Gasteiger partial charge >= 0.3 is 29.6 Å². The molecule has 0 aromatic rings. The maximum absolute atomic E-state index is 9.72. The molecule has 0 heterocycles. The van der Waals surface area contributed by atoms with Crippen molar-refractivity contribution in [2.45, 2.75) is 0 Å². The number of hydrogen-bond acceptors (Lipinski definition) is 5. The SMILES string of the molecule is C=CCS(=O)(=O)O.O=S(=O)([O-])O.[Na+]. The third kappa shape index (κ3) is 67.8. The maximum Gasteiger partial charge on any atom is 1.00 e. The molecule has 0 aliphatic heterocycles. The fourth-order valence-corrected chi connectivity index (χ4v) is 0.447. The van der Waals surface area contributed by atoms with Gasteiger partial charge in [-0.1, -0.05) is 6.08 Å². The fourth-order valence-electron chi connectivity index (χ4n) is 0.149. The molecule has 0 rings (SSSR count). The average molecular weight is 242 g/mol. The predicted molar refractivity (Wildman–Crippen MR) is 38.9 cm³/mol. The average Bonchev–Trinajstić information content (AvgIpc) is 1.54. The zero-order chi connectivity index (χ0) is 10.4. The van der Waals surface area contributed by atoms with E-state index in [9.17, 15) is 8.42 Å². The molecular weight excluding hydrogens is 235 g/mol. The van der Waals surface area contributed by atoms with Crippen molar-refractivity contribution in [3.63, 3.8) is 0 Å². The molecule has 0 aromatic heterocycles. The van der Waals surface area contributed by atoms with Crippen LogP contribution in [0.4, 0.5) is 0 Å². The van der Waals surface area contributed by atoms with Crippen LogP contribution in [0.15, 0.2) is 12.7 Å². The molecule has 10 heteroatoms. The van der Waals surface area contributed by atoms with Gasteiger partial charge in [0, 0.05) is 0 Å². The van der Waals surface area contributed by atoms with E-state index in [1.54, 1.807) is 0 Å². The molecule has 2 N–H and O–H groups in total. The number of rotatable bonds is 2. The summed E-state index contributed by atoms with van der Waals surface area (Å²) in [5.41, 5.74) is 0. The minimum Gasteiger partial charge on any atom is -0.726 e. The first-order valence-corrected chi connectivity index (χ1v) is 5.28. The van der Waals surface area contributed by atoms with Gasteiger partial charge in [0.15, 0.2) is 0 Å². The minimum atomic E-state index is -4.92. The van der Waals surface area contributed by atoms with Gasteiger partial charge in [0.05, 0.1) is 5.75 Å². The van der Waals surface area contributed by atoms with E-state index >= 15 is 0 Å². The Labute approximate surface area is 98.5 Å². The van der Waals surface area contributed by atoms with E-state index in [-0.39, 0.29) is 35.3 Å². The van der Waals surface area contributed by atoms with Crippen LogP contribution in [0.25, 0.3) is 0 Å². The monoisotopic (exact) mass is 242 g/mol. The van der Waals surface area contributed by atoms with Gasteiger partial charge < -0.3 is 4.55 Å². The van der Waals surface area contributed by atoms with E-state index in [1.165, 1.54) is 0 Å². The summed E-state index contributed by atoms with van der Waals surface area (Å²) >= 11 is 0. The molecule has 0 amide bonds. The quantitative estimate of drug-likeness (QED) is 0.219. The van der Waals surface area contributed by atoms with Gasteiger partial charge in [-0.25, -0.2) is 8.42 Å². The van der Waals surface area contributed by atoms with Gasteiger partial charge in [-0.3, -0.25) is 9.11 Å². The first-order chi connectivity index (χ1) is 5.06. The van der Waals surface area contributed by atoms with Crippen molar-refractivity contribution >= 4 is 20.5 Å². The zero-order valence-corrected chi connectivity index (χ0v) is 10.4. The Balaban J connectivity index is -0.000000150. The summed E-state index contributed by atoms with van der Waals surface area (Å²) in [7, 11) is -8.71. The predicted octanol–water partition coefficient (Wildman–Crippen LogP) is -3.93. The molecule has 0 bridgehead atoms. The van der Waals surface area contributed by atoms with Crippen LogP contribution in [-0.2, 0) is 20.5 Å². The van der Waals surface area contributed by atoms with Crippen molar-refractivity contribution in [1.82, 2.24) is 0 Å². The summed E-state index contributed by atoms with van der Waals surface area (Å²) in [6.07, 6.45) is 1.12. The third-order valence-corrected chi connectivity index (χ3v) is 0.985. The van der Waals surface area contributed by atoms with Crippen molar-refractivity contribution < 1.29 is 60.1 Å². The normalized spacial score (nSPS) is 10.4. The third-order valence-electron chi connectivity index (χ3n) is 0.328. The summed E-state index contributed by atoms with van der Waals surface area (Å²) in [4.78, 5) is 0. The van der Waals surface area contributed by atoms with Crippen molar-refractivity contribution in [2.75, 3.05) is 5.75 Å². The zero-order valence-electron chi connectivity index (χ0n) is 6.74. The maximum atomic E-state index is 9.72. The second-order valence-corrected chi connectivity index (χ2v) is 3.82. The van der Waals surface area contributed by atoms with Crippen LogP contribution in [0, 0.1) is 0 Å². The van der Waals surface area contributed by atoms with Gasteiger partial charge in [0.25, 0.3) is 10.1 Å². The Bertz CT molecular complexity index is 306.